The van der Waals surface area contributed by atoms with Crippen LogP contribution < -0.4 is 10.6 Å². The first-order valence-corrected chi connectivity index (χ1v) is 7.59. The van der Waals surface area contributed by atoms with Crippen LogP contribution in [-0.2, 0) is 4.79 Å². The van der Waals surface area contributed by atoms with Gasteiger partial charge in [-0.1, -0.05) is 6.07 Å². The summed E-state index contributed by atoms with van der Waals surface area (Å²) in [5.74, 6) is 0.252. The Morgan fingerprint density at radius 3 is 3.00 bits per heavy atom. The molecule has 2 rings (SSSR count). The first-order valence-electron chi connectivity index (χ1n) is 6.80. The van der Waals surface area contributed by atoms with Crippen LogP contribution in [0.15, 0.2) is 16.7 Å². The molecule has 1 aromatic rings. The number of amides is 1. The van der Waals surface area contributed by atoms with Crippen LogP contribution in [0, 0.1) is 6.92 Å². The van der Waals surface area contributed by atoms with Crippen molar-refractivity contribution in [3.63, 3.8) is 0 Å². The molecule has 1 amide bonds. The van der Waals surface area contributed by atoms with Gasteiger partial charge in [0.2, 0.25) is 5.91 Å². The maximum absolute atomic E-state index is 14.5. The molecule has 2 N–H and O–H groups in total. The largest absolute Gasteiger partial charge is 0.309 e. The van der Waals surface area contributed by atoms with Gasteiger partial charge in [-0.05, 0) is 48.6 Å². The second-order valence-electron chi connectivity index (χ2n) is 5.82. The fourth-order valence-electron chi connectivity index (χ4n) is 2.52. The molecule has 1 aliphatic rings. The predicted octanol–water partition coefficient (Wildman–Crippen LogP) is 1.72. The summed E-state index contributed by atoms with van der Waals surface area (Å²) in [4.78, 5) is 18.3. The van der Waals surface area contributed by atoms with E-state index in [0.717, 1.165) is 5.56 Å². The van der Waals surface area contributed by atoms with Gasteiger partial charge in [0.15, 0.2) is 0 Å². The summed E-state index contributed by atoms with van der Waals surface area (Å²) in [6, 6.07) is 3.14. The highest BCUT2D eigenvalue weighted by atomic mass is 79.9. The quantitative estimate of drug-likeness (QED) is 0.804. The van der Waals surface area contributed by atoms with Gasteiger partial charge in [-0.15, -0.1) is 0 Å². The van der Waals surface area contributed by atoms with Gasteiger partial charge >= 0.3 is 0 Å². The van der Waals surface area contributed by atoms with E-state index in [1.54, 1.807) is 4.90 Å². The van der Waals surface area contributed by atoms with E-state index in [0.29, 0.717) is 17.0 Å². The standard InChI is InChI=1S/C14H20BrFN4O/c1-9-4-5-11(15)18-12(9)19-13(21)10-6-14(16,7-17-10)8-20(2)3/h4-5,10,17H,6-8H2,1-3H3,(H,18,19,21)/t10-,14+/m0/s1. The molecule has 1 aliphatic heterocycles. The lowest BCUT2D eigenvalue weighted by molar-refractivity contribution is -0.118. The van der Waals surface area contributed by atoms with Gasteiger partial charge in [-0.2, -0.15) is 0 Å². The van der Waals surface area contributed by atoms with Crippen molar-refractivity contribution >= 4 is 27.7 Å². The van der Waals surface area contributed by atoms with E-state index in [2.05, 4.69) is 31.5 Å². The van der Waals surface area contributed by atoms with Crippen molar-refractivity contribution in [1.82, 2.24) is 15.2 Å². The van der Waals surface area contributed by atoms with Gasteiger partial charge in [0, 0.05) is 19.5 Å². The van der Waals surface area contributed by atoms with Crippen molar-refractivity contribution in [3.05, 3.63) is 22.3 Å². The van der Waals surface area contributed by atoms with Crippen LogP contribution in [0.4, 0.5) is 10.2 Å². The van der Waals surface area contributed by atoms with Gasteiger partial charge in [0.25, 0.3) is 0 Å². The lowest BCUT2D eigenvalue weighted by Gasteiger charge is -2.22. The minimum atomic E-state index is -1.37. The van der Waals surface area contributed by atoms with Gasteiger partial charge in [0.1, 0.15) is 16.1 Å². The van der Waals surface area contributed by atoms with Crippen molar-refractivity contribution in [2.45, 2.75) is 25.1 Å². The smallest absolute Gasteiger partial charge is 0.242 e. The summed E-state index contributed by atoms with van der Waals surface area (Å²) in [6.45, 7) is 2.36. The Bertz CT molecular complexity index is 540. The second-order valence-corrected chi connectivity index (χ2v) is 6.63. The third-order valence-electron chi connectivity index (χ3n) is 3.46. The fraction of sp³-hybridized carbons (Fsp3) is 0.571. The average molecular weight is 359 g/mol. The number of carbonyl (C=O) groups excluding carboxylic acids is 1. The molecule has 0 bridgehead atoms. The van der Waals surface area contributed by atoms with Crippen LogP contribution in [0.2, 0.25) is 0 Å². The van der Waals surface area contributed by atoms with Gasteiger partial charge in [-0.25, -0.2) is 9.37 Å². The van der Waals surface area contributed by atoms with Crippen molar-refractivity contribution in [1.29, 1.82) is 0 Å². The van der Waals surface area contributed by atoms with Crippen LogP contribution in [0.25, 0.3) is 0 Å². The number of nitrogens with one attached hydrogen (secondary N) is 2. The lowest BCUT2D eigenvalue weighted by Crippen LogP contribution is -2.37. The number of alkyl halides is 1. The Morgan fingerprint density at radius 2 is 2.33 bits per heavy atom. The number of halogens is 2. The maximum Gasteiger partial charge on any atom is 0.242 e. The topological polar surface area (TPSA) is 57.3 Å². The third-order valence-corrected chi connectivity index (χ3v) is 3.90. The lowest BCUT2D eigenvalue weighted by atomic mass is 10.0. The van der Waals surface area contributed by atoms with E-state index in [1.165, 1.54) is 0 Å². The number of anilines is 1. The number of hydrogen-bond donors (Lipinski definition) is 2. The summed E-state index contributed by atoms with van der Waals surface area (Å²) >= 11 is 3.27. The summed E-state index contributed by atoms with van der Waals surface area (Å²) in [5, 5.41) is 5.71. The van der Waals surface area contributed by atoms with Gasteiger partial charge in [-0.3, -0.25) is 4.79 Å². The monoisotopic (exact) mass is 358 g/mol. The molecule has 116 valence electrons. The molecule has 7 heteroatoms. The Kier molecular flexibility index (Phi) is 4.95. The Hall–Kier alpha value is -1.05. The summed E-state index contributed by atoms with van der Waals surface area (Å²) in [7, 11) is 3.65. The Balaban J connectivity index is 2.00. The molecular weight excluding hydrogens is 339 g/mol. The molecule has 0 aliphatic carbocycles. The zero-order chi connectivity index (χ0) is 15.6. The first kappa shape index (κ1) is 16.3. The molecule has 1 saturated heterocycles. The molecule has 0 saturated carbocycles. The minimum absolute atomic E-state index is 0.171. The highest BCUT2D eigenvalue weighted by Gasteiger charge is 2.42. The molecule has 1 fully saturated rings. The third kappa shape index (κ3) is 4.21. The Labute approximate surface area is 132 Å². The number of hydrogen-bond acceptors (Lipinski definition) is 4. The van der Waals surface area contributed by atoms with Crippen LogP contribution >= 0.6 is 15.9 Å². The zero-order valence-corrected chi connectivity index (χ0v) is 14.0. The number of rotatable bonds is 4. The molecule has 0 spiro atoms. The number of aromatic nitrogens is 1. The zero-order valence-electron chi connectivity index (χ0n) is 12.4. The van der Waals surface area contributed by atoms with E-state index in [-0.39, 0.29) is 18.9 Å². The average Bonchev–Trinajstić information content (AvgIpc) is 2.75. The number of aryl methyl sites for hydroxylation is 1. The van der Waals surface area contributed by atoms with E-state index in [1.807, 2.05) is 33.2 Å². The van der Waals surface area contributed by atoms with Gasteiger partial charge < -0.3 is 15.5 Å². The van der Waals surface area contributed by atoms with Crippen molar-refractivity contribution in [2.24, 2.45) is 0 Å². The van der Waals surface area contributed by atoms with E-state index >= 15 is 0 Å². The molecule has 2 heterocycles. The summed E-state index contributed by atoms with van der Waals surface area (Å²) in [6.07, 6.45) is 0.171. The number of pyridine rings is 1. The highest BCUT2D eigenvalue weighted by molar-refractivity contribution is 9.10. The molecular formula is C14H20BrFN4O. The summed E-state index contributed by atoms with van der Waals surface area (Å²) < 4.78 is 15.2. The summed E-state index contributed by atoms with van der Waals surface area (Å²) in [5.41, 5.74) is -0.505. The van der Waals surface area contributed by atoms with Crippen molar-refractivity contribution < 1.29 is 9.18 Å². The first-order chi connectivity index (χ1) is 9.79. The molecule has 21 heavy (non-hydrogen) atoms. The molecule has 2 atom stereocenters. The van der Waals surface area contributed by atoms with Crippen LogP contribution in [0.3, 0.4) is 0 Å². The second kappa shape index (κ2) is 6.37. The maximum atomic E-state index is 14.5. The van der Waals surface area contributed by atoms with Crippen LogP contribution in [-0.4, -0.2) is 54.7 Å². The Morgan fingerprint density at radius 1 is 1.62 bits per heavy atom. The molecule has 5 nitrogen and oxygen atoms in total. The van der Waals surface area contributed by atoms with Crippen molar-refractivity contribution in [3.8, 4) is 0 Å². The van der Waals surface area contributed by atoms with Crippen LogP contribution in [0.1, 0.15) is 12.0 Å². The number of nitrogens with zero attached hydrogens (tertiary/aromatic N) is 2. The van der Waals surface area contributed by atoms with Crippen LogP contribution in [0.5, 0.6) is 0 Å². The van der Waals surface area contributed by atoms with Gasteiger partial charge in [0.05, 0.1) is 6.04 Å². The normalized spacial score (nSPS) is 25.3. The molecule has 0 radical (unpaired) electrons. The van der Waals surface area contributed by atoms with Crippen molar-refractivity contribution in [2.75, 3.05) is 32.5 Å². The predicted molar refractivity (Wildman–Crippen MR) is 84.1 cm³/mol. The molecule has 0 aromatic carbocycles. The molecule has 1 aromatic heterocycles. The van der Waals surface area contributed by atoms with E-state index < -0.39 is 11.7 Å². The minimum Gasteiger partial charge on any atom is -0.309 e. The molecule has 0 unspecified atom stereocenters. The highest BCUT2D eigenvalue weighted by Crippen LogP contribution is 2.25. The van der Waals surface area contributed by atoms with E-state index in [4.69, 9.17) is 0 Å². The fourth-order valence-corrected chi connectivity index (χ4v) is 2.83. The van der Waals surface area contributed by atoms with E-state index in [9.17, 15) is 9.18 Å². The SMILES string of the molecule is Cc1ccc(Br)nc1NC(=O)[C@@H]1C[C@](F)(CN(C)C)CN1. The number of carbonyl (C=O) groups is 1.